The molecule has 0 heterocycles. The summed E-state index contributed by atoms with van der Waals surface area (Å²) in [6.45, 7) is 1.01. The van der Waals surface area contributed by atoms with Gasteiger partial charge < -0.3 is 4.74 Å². The van der Waals surface area contributed by atoms with E-state index >= 15 is 0 Å². The van der Waals surface area contributed by atoms with Crippen LogP contribution in [-0.4, -0.2) is 18.5 Å². The number of carbonyl (C=O) groups is 1. The van der Waals surface area contributed by atoms with Crippen molar-refractivity contribution < 1.29 is 18.3 Å². The summed E-state index contributed by atoms with van der Waals surface area (Å²) < 4.78 is 31.4. The Balaban J connectivity index is 2.05. The standard InChI is InChI=1S/C12H12F2O2/c1-8(15)16-7-10-11(12(10,13)14)9-5-3-2-4-6-9/h2-6,10-11H,7H2,1H3/t10-,11-/m1/s1. The lowest BCUT2D eigenvalue weighted by atomic mass is 10.1. The molecule has 2 rings (SSSR count). The number of benzene rings is 1. The summed E-state index contributed by atoms with van der Waals surface area (Å²) in [5.74, 6) is -4.96. The van der Waals surface area contributed by atoms with Gasteiger partial charge in [0.1, 0.15) is 6.61 Å². The highest BCUT2D eigenvalue weighted by molar-refractivity contribution is 5.66. The van der Waals surface area contributed by atoms with Gasteiger partial charge in [-0.1, -0.05) is 30.3 Å². The molecule has 2 atom stereocenters. The molecular weight excluding hydrogens is 214 g/mol. The Hall–Kier alpha value is -1.45. The molecule has 16 heavy (non-hydrogen) atoms. The van der Waals surface area contributed by atoms with Crippen LogP contribution in [0.5, 0.6) is 0 Å². The van der Waals surface area contributed by atoms with Gasteiger partial charge in [-0.05, 0) is 5.56 Å². The molecule has 0 amide bonds. The highest BCUT2D eigenvalue weighted by atomic mass is 19.3. The minimum Gasteiger partial charge on any atom is -0.465 e. The second-order valence-electron chi connectivity index (χ2n) is 3.97. The van der Waals surface area contributed by atoms with E-state index in [0.29, 0.717) is 5.56 Å². The zero-order chi connectivity index (χ0) is 11.8. The second-order valence-corrected chi connectivity index (χ2v) is 3.97. The molecule has 1 fully saturated rings. The maximum atomic E-state index is 13.4. The summed E-state index contributed by atoms with van der Waals surface area (Å²) in [5, 5.41) is 0. The Kier molecular flexibility index (Phi) is 2.66. The van der Waals surface area contributed by atoms with Crippen LogP contribution in [-0.2, 0) is 9.53 Å². The van der Waals surface area contributed by atoms with Gasteiger partial charge in [-0.2, -0.15) is 0 Å². The van der Waals surface area contributed by atoms with Gasteiger partial charge in [0.25, 0.3) is 5.92 Å². The van der Waals surface area contributed by atoms with E-state index in [1.807, 2.05) is 0 Å². The molecule has 1 aromatic rings. The zero-order valence-electron chi connectivity index (χ0n) is 8.82. The third kappa shape index (κ3) is 1.92. The third-order valence-corrected chi connectivity index (χ3v) is 2.83. The van der Waals surface area contributed by atoms with Crippen LogP contribution in [0.3, 0.4) is 0 Å². The maximum absolute atomic E-state index is 13.4. The van der Waals surface area contributed by atoms with Crippen LogP contribution in [0, 0.1) is 5.92 Å². The first-order valence-electron chi connectivity index (χ1n) is 5.09. The van der Waals surface area contributed by atoms with Crippen molar-refractivity contribution in [2.24, 2.45) is 5.92 Å². The predicted octanol–water partition coefficient (Wildman–Crippen LogP) is 2.60. The minimum absolute atomic E-state index is 0.206. The summed E-state index contributed by atoms with van der Waals surface area (Å²) in [6, 6.07) is 8.59. The van der Waals surface area contributed by atoms with Gasteiger partial charge in [0.05, 0.1) is 11.8 Å². The van der Waals surface area contributed by atoms with E-state index in [9.17, 15) is 13.6 Å². The summed E-state index contributed by atoms with van der Waals surface area (Å²) in [7, 11) is 0. The largest absolute Gasteiger partial charge is 0.465 e. The van der Waals surface area contributed by atoms with E-state index in [-0.39, 0.29) is 6.61 Å². The number of hydrogen-bond acceptors (Lipinski definition) is 2. The molecule has 0 unspecified atom stereocenters. The quantitative estimate of drug-likeness (QED) is 0.740. The maximum Gasteiger partial charge on any atom is 0.302 e. The molecule has 0 saturated heterocycles. The molecule has 1 aromatic carbocycles. The molecule has 2 nitrogen and oxygen atoms in total. The summed E-state index contributed by atoms with van der Waals surface area (Å²) in [5.41, 5.74) is 0.602. The number of halogens is 2. The van der Waals surface area contributed by atoms with E-state index in [1.54, 1.807) is 30.3 Å². The van der Waals surface area contributed by atoms with Gasteiger partial charge in [-0.25, -0.2) is 8.78 Å². The van der Waals surface area contributed by atoms with Gasteiger partial charge in [-0.15, -0.1) is 0 Å². The van der Waals surface area contributed by atoms with Gasteiger partial charge in [0.2, 0.25) is 0 Å². The molecule has 0 radical (unpaired) electrons. The average Bonchev–Trinajstić information content (AvgIpc) is 2.79. The van der Waals surface area contributed by atoms with Crippen molar-refractivity contribution in [2.75, 3.05) is 6.61 Å². The van der Waals surface area contributed by atoms with E-state index in [4.69, 9.17) is 0 Å². The van der Waals surface area contributed by atoms with E-state index in [0.717, 1.165) is 0 Å². The molecular formula is C12H12F2O2. The van der Waals surface area contributed by atoms with Crippen LogP contribution < -0.4 is 0 Å². The molecule has 1 saturated carbocycles. The van der Waals surface area contributed by atoms with E-state index in [1.165, 1.54) is 6.92 Å². The summed E-state index contributed by atoms with van der Waals surface area (Å²) >= 11 is 0. The Morgan fingerprint density at radius 2 is 2.00 bits per heavy atom. The van der Waals surface area contributed by atoms with Crippen molar-refractivity contribution in [3.8, 4) is 0 Å². The molecule has 1 aliphatic rings. The van der Waals surface area contributed by atoms with E-state index in [2.05, 4.69) is 4.74 Å². The molecule has 1 aliphatic carbocycles. The van der Waals surface area contributed by atoms with Gasteiger partial charge in [0.15, 0.2) is 0 Å². The fourth-order valence-electron chi connectivity index (χ4n) is 1.92. The highest BCUT2D eigenvalue weighted by Gasteiger charge is 2.69. The predicted molar refractivity (Wildman–Crippen MR) is 54.3 cm³/mol. The zero-order valence-corrected chi connectivity index (χ0v) is 8.82. The molecule has 0 aliphatic heterocycles. The van der Waals surface area contributed by atoms with Crippen molar-refractivity contribution >= 4 is 5.97 Å². The average molecular weight is 226 g/mol. The number of alkyl halides is 2. The van der Waals surface area contributed by atoms with Crippen LogP contribution in [0.1, 0.15) is 18.4 Å². The summed E-state index contributed by atoms with van der Waals surface area (Å²) in [6.07, 6.45) is 0. The molecule has 4 heteroatoms. The van der Waals surface area contributed by atoms with Crippen LogP contribution >= 0.6 is 0 Å². The topological polar surface area (TPSA) is 26.3 Å². The number of esters is 1. The lowest BCUT2D eigenvalue weighted by molar-refractivity contribution is -0.142. The monoisotopic (exact) mass is 226 g/mol. The summed E-state index contributed by atoms with van der Waals surface area (Å²) in [4.78, 5) is 10.6. The van der Waals surface area contributed by atoms with Crippen molar-refractivity contribution in [3.63, 3.8) is 0 Å². The first kappa shape index (κ1) is 11.0. The van der Waals surface area contributed by atoms with Crippen molar-refractivity contribution in [1.82, 2.24) is 0 Å². The second kappa shape index (κ2) is 3.85. The highest BCUT2D eigenvalue weighted by Crippen LogP contribution is 2.61. The molecule has 86 valence electrons. The molecule has 0 aromatic heterocycles. The van der Waals surface area contributed by atoms with Gasteiger partial charge in [0, 0.05) is 6.92 Å². The smallest absolute Gasteiger partial charge is 0.302 e. The lowest BCUT2D eigenvalue weighted by Crippen LogP contribution is -2.06. The Labute approximate surface area is 92.2 Å². The first-order chi connectivity index (χ1) is 7.53. The Morgan fingerprint density at radius 1 is 1.38 bits per heavy atom. The van der Waals surface area contributed by atoms with Crippen LogP contribution in [0.25, 0.3) is 0 Å². The number of hydrogen-bond donors (Lipinski definition) is 0. The molecule has 0 spiro atoms. The van der Waals surface area contributed by atoms with Crippen LogP contribution in [0.15, 0.2) is 30.3 Å². The van der Waals surface area contributed by atoms with Crippen molar-refractivity contribution in [2.45, 2.75) is 18.8 Å². The van der Waals surface area contributed by atoms with Crippen molar-refractivity contribution in [3.05, 3.63) is 35.9 Å². The normalized spacial score (nSPS) is 26.2. The number of ether oxygens (including phenoxy) is 1. The fourth-order valence-corrected chi connectivity index (χ4v) is 1.92. The van der Waals surface area contributed by atoms with E-state index < -0.39 is 23.7 Å². The lowest BCUT2D eigenvalue weighted by Gasteiger charge is -1.99. The number of carbonyl (C=O) groups excluding carboxylic acids is 1. The van der Waals surface area contributed by atoms with Crippen LogP contribution in [0.2, 0.25) is 0 Å². The number of rotatable bonds is 3. The molecule has 0 bridgehead atoms. The van der Waals surface area contributed by atoms with Crippen LogP contribution in [0.4, 0.5) is 8.78 Å². The third-order valence-electron chi connectivity index (χ3n) is 2.83. The first-order valence-corrected chi connectivity index (χ1v) is 5.09. The van der Waals surface area contributed by atoms with Gasteiger partial charge >= 0.3 is 5.97 Å². The minimum atomic E-state index is -2.75. The SMILES string of the molecule is CC(=O)OC[C@@H]1[C@@H](c2ccccc2)C1(F)F. The Bertz CT molecular complexity index is 389. The van der Waals surface area contributed by atoms with Gasteiger partial charge in [-0.3, -0.25) is 4.79 Å². The molecule has 0 N–H and O–H groups in total. The Morgan fingerprint density at radius 3 is 2.56 bits per heavy atom. The fraction of sp³-hybridized carbons (Fsp3) is 0.417. The van der Waals surface area contributed by atoms with Crippen molar-refractivity contribution in [1.29, 1.82) is 0 Å².